The maximum atomic E-state index is 12.4. The van der Waals surface area contributed by atoms with Crippen molar-refractivity contribution in [3.8, 4) is 0 Å². The topological polar surface area (TPSA) is 63.7 Å². The highest BCUT2D eigenvalue weighted by Crippen LogP contribution is 2.46. The van der Waals surface area contributed by atoms with Crippen molar-refractivity contribution in [1.82, 2.24) is 0 Å². The minimum absolute atomic E-state index is 0.0713. The molecule has 124 valence electrons. The van der Waals surface area contributed by atoms with Gasteiger partial charge in [0.15, 0.2) is 0 Å². The van der Waals surface area contributed by atoms with E-state index in [1.807, 2.05) is 0 Å². The summed E-state index contributed by atoms with van der Waals surface area (Å²) < 4.78 is 30.6. The van der Waals surface area contributed by atoms with Gasteiger partial charge in [0.25, 0.3) is 0 Å². The van der Waals surface area contributed by atoms with Crippen LogP contribution in [0, 0.1) is 11.8 Å². The highest BCUT2D eigenvalue weighted by atomic mass is 32.2. The number of hydrogen-bond donors (Lipinski definition) is 0. The van der Waals surface area contributed by atoms with Crippen LogP contribution in [-0.4, -0.2) is 33.3 Å². The molecular formula is C17H21NO4S. The van der Waals surface area contributed by atoms with Crippen LogP contribution in [0.25, 0.3) is 0 Å². The highest BCUT2D eigenvalue weighted by molar-refractivity contribution is 7.92. The van der Waals surface area contributed by atoms with Gasteiger partial charge in [0.05, 0.1) is 17.5 Å². The average molecular weight is 335 g/mol. The molecule has 1 heterocycles. The Morgan fingerprint density at radius 3 is 2.74 bits per heavy atom. The third-order valence-electron chi connectivity index (χ3n) is 5.50. The summed E-state index contributed by atoms with van der Waals surface area (Å²) in [7, 11) is -3.26. The largest absolute Gasteiger partial charge is 0.458 e. The molecule has 1 aromatic rings. The highest BCUT2D eigenvalue weighted by Gasteiger charge is 2.41. The van der Waals surface area contributed by atoms with E-state index in [2.05, 4.69) is 0 Å². The predicted octanol–water partition coefficient (Wildman–Crippen LogP) is 2.35. The summed E-state index contributed by atoms with van der Waals surface area (Å²) in [6.45, 7) is 0.443. The molecule has 0 radical (unpaired) electrons. The van der Waals surface area contributed by atoms with Crippen molar-refractivity contribution < 1.29 is 17.9 Å². The Hall–Kier alpha value is -1.56. The lowest BCUT2D eigenvalue weighted by Gasteiger charge is -2.22. The Bertz CT molecular complexity index is 758. The second-order valence-corrected chi connectivity index (χ2v) is 8.95. The molecule has 0 amide bonds. The summed E-state index contributed by atoms with van der Waals surface area (Å²) in [4.78, 5) is 12.4. The van der Waals surface area contributed by atoms with Crippen molar-refractivity contribution in [2.75, 3.05) is 17.1 Å². The van der Waals surface area contributed by atoms with Gasteiger partial charge in [-0.3, -0.25) is 4.31 Å². The van der Waals surface area contributed by atoms with Crippen LogP contribution in [0.15, 0.2) is 18.2 Å². The Kier molecular flexibility index (Phi) is 3.41. The van der Waals surface area contributed by atoms with Crippen molar-refractivity contribution in [1.29, 1.82) is 0 Å². The van der Waals surface area contributed by atoms with Gasteiger partial charge in [0.2, 0.25) is 10.0 Å². The molecule has 3 unspecified atom stereocenters. The number of ether oxygens (including phenoxy) is 1. The fourth-order valence-electron chi connectivity index (χ4n) is 4.38. The number of fused-ring (bicyclic) bond motifs is 3. The third-order valence-corrected chi connectivity index (χ3v) is 6.68. The number of rotatable bonds is 3. The number of esters is 1. The third kappa shape index (κ3) is 2.63. The van der Waals surface area contributed by atoms with Crippen LogP contribution in [-0.2, 0) is 21.2 Å². The molecule has 0 aromatic heterocycles. The van der Waals surface area contributed by atoms with Crippen LogP contribution >= 0.6 is 0 Å². The summed E-state index contributed by atoms with van der Waals surface area (Å²) in [5, 5.41) is 0. The molecule has 3 atom stereocenters. The minimum atomic E-state index is -3.26. The van der Waals surface area contributed by atoms with Crippen LogP contribution in [0.1, 0.15) is 41.6 Å². The van der Waals surface area contributed by atoms with Crippen LogP contribution < -0.4 is 4.31 Å². The van der Waals surface area contributed by atoms with E-state index in [1.54, 1.807) is 18.2 Å². The summed E-state index contributed by atoms with van der Waals surface area (Å²) in [6.07, 6.45) is 6.57. The molecule has 2 bridgehead atoms. The Balaban J connectivity index is 1.51. The summed E-state index contributed by atoms with van der Waals surface area (Å²) in [5.74, 6) is 1.00. The molecule has 0 saturated heterocycles. The van der Waals surface area contributed by atoms with E-state index in [-0.39, 0.29) is 12.1 Å². The van der Waals surface area contributed by atoms with E-state index >= 15 is 0 Å². The summed E-state index contributed by atoms with van der Waals surface area (Å²) in [6, 6.07) is 5.19. The van der Waals surface area contributed by atoms with E-state index in [0.717, 1.165) is 17.9 Å². The second-order valence-electron chi connectivity index (χ2n) is 7.05. The lowest BCUT2D eigenvalue weighted by Crippen LogP contribution is -2.27. The van der Waals surface area contributed by atoms with Gasteiger partial charge in [0, 0.05) is 6.54 Å². The number of nitrogens with zero attached hydrogens (tertiary/aromatic N) is 1. The number of benzene rings is 1. The lowest BCUT2D eigenvalue weighted by molar-refractivity contribution is 0.0158. The standard InChI is InChI=1S/C17H21NO4S/c1-23(20,21)18-7-6-12-10-14(4-5-15(12)18)17(19)22-16-9-11-2-3-13(16)8-11/h4-5,10-11,13,16H,2-3,6-9H2,1H3. The molecule has 2 saturated carbocycles. The molecular weight excluding hydrogens is 314 g/mol. The first kappa shape index (κ1) is 15.0. The molecule has 2 fully saturated rings. The average Bonchev–Trinajstić information content (AvgIpc) is 3.20. The maximum absolute atomic E-state index is 12.4. The van der Waals surface area contributed by atoms with Crippen molar-refractivity contribution in [3.05, 3.63) is 29.3 Å². The van der Waals surface area contributed by atoms with Gasteiger partial charge in [-0.25, -0.2) is 13.2 Å². The fraction of sp³-hybridized carbons (Fsp3) is 0.588. The van der Waals surface area contributed by atoms with Gasteiger partial charge in [0.1, 0.15) is 6.10 Å². The molecule has 0 N–H and O–H groups in total. The first-order valence-electron chi connectivity index (χ1n) is 8.23. The van der Waals surface area contributed by atoms with E-state index in [4.69, 9.17) is 4.74 Å². The van der Waals surface area contributed by atoms with Gasteiger partial charge in [-0.15, -0.1) is 0 Å². The van der Waals surface area contributed by atoms with Crippen molar-refractivity contribution in [2.24, 2.45) is 11.8 Å². The quantitative estimate of drug-likeness (QED) is 0.796. The zero-order valence-electron chi connectivity index (χ0n) is 13.2. The van der Waals surface area contributed by atoms with Crippen molar-refractivity contribution in [2.45, 2.75) is 38.2 Å². The number of carbonyl (C=O) groups is 1. The number of hydrogen-bond acceptors (Lipinski definition) is 4. The molecule has 1 aliphatic heterocycles. The van der Waals surface area contributed by atoms with Crippen LogP contribution in [0.3, 0.4) is 0 Å². The first-order valence-corrected chi connectivity index (χ1v) is 10.1. The van der Waals surface area contributed by atoms with Gasteiger partial charge in [-0.2, -0.15) is 0 Å². The van der Waals surface area contributed by atoms with Gasteiger partial charge in [-0.05, 0) is 67.7 Å². The molecule has 0 spiro atoms. The minimum Gasteiger partial charge on any atom is -0.458 e. The van der Waals surface area contributed by atoms with Crippen molar-refractivity contribution >= 4 is 21.7 Å². The number of sulfonamides is 1. The summed E-state index contributed by atoms with van der Waals surface area (Å²) in [5.41, 5.74) is 2.11. The molecule has 1 aromatic carbocycles. The molecule has 5 nitrogen and oxygen atoms in total. The maximum Gasteiger partial charge on any atom is 0.338 e. The van der Waals surface area contributed by atoms with Crippen molar-refractivity contribution in [3.63, 3.8) is 0 Å². The van der Waals surface area contributed by atoms with Crippen LogP contribution in [0.4, 0.5) is 5.69 Å². The van der Waals surface area contributed by atoms with E-state index in [0.29, 0.717) is 30.1 Å². The molecule has 4 rings (SSSR count). The molecule has 3 aliphatic rings. The van der Waals surface area contributed by atoms with Crippen LogP contribution in [0.2, 0.25) is 0 Å². The van der Waals surface area contributed by atoms with Gasteiger partial charge < -0.3 is 4.74 Å². The lowest BCUT2D eigenvalue weighted by atomic mass is 9.97. The number of carbonyl (C=O) groups excluding carboxylic acids is 1. The molecule has 2 aliphatic carbocycles. The first-order chi connectivity index (χ1) is 10.9. The fourth-order valence-corrected chi connectivity index (χ4v) is 5.34. The van der Waals surface area contributed by atoms with Gasteiger partial charge >= 0.3 is 5.97 Å². The summed E-state index contributed by atoms with van der Waals surface area (Å²) >= 11 is 0. The van der Waals surface area contributed by atoms with Gasteiger partial charge in [-0.1, -0.05) is 0 Å². The molecule has 23 heavy (non-hydrogen) atoms. The smallest absolute Gasteiger partial charge is 0.338 e. The molecule has 6 heteroatoms. The Morgan fingerprint density at radius 1 is 1.26 bits per heavy atom. The normalized spacial score (nSPS) is 28.9. The predicted molar refractivity (Wildman–Crippen MR) is 87.0 cm³/mol. The van der Waals surface area contributed by atoms with E-state index < -0.39 is 10.0 Å². The van der Waals surface area contributed by atoms with E-state index in [1.165, 1.54) is 29.8 Å². The zero-order chi connectivity index (χ0) is 16.2. The number of anilines is 1. The second kappa shape index (κ2) is 5.23. The SMILES string of the molecule is CS(=O)(=O)N1CCc2cc(C(=O)OC3CC4CCC3C4)ccc21. The Morgan fingerprint density at radius 2 is 2.09 bits per heavy atom. The zero-order valence-corrected chi connectivity index (χ0v) is 14.0. The van der Waals surface area contributed by atoms with Crippen LogP contribution in [0.5, 0.6) is 0 Å². The Labute approximate surface area is 136 Å². The monoisotopic (exact) mass is 335 g/mol. The van der Waals surface area contributed by atoms with E-state index in [9.17, 15) is 13.2 Å².